The van der Waals surface area contributed by atoms with Crippen LogP contribution in [0.2, 0.25) is 0 Å². The van der Waals surface area contributed by atoms with Gasteiger partial charge in [-0.15, -0.1) is 11.3 Å². The zero-order valence-electron chi connectivity index (χ0n) is 10.7. The third kappa shape index (κ3) is 2.16. The highest BCUT2D eigenvalue weighted by molar-refractivity contribution is 7.25. The molecular formula is C16H13NO2S. The average molecular weight is 283 g/mol. The summed E-state index contributed by atoms with van der Waals surface area (Å²) in [5.74, 6) is 0. The normalized spacial score (nSPS) is 14.2. The summed E-state index contributed by atoms with van der Waals surface area (Å²) < 4.78 is 2.35. The summed E-state index contributed by atoms with van der Waals surface area (Å²) in [7, 11) is 0. The highest BCUT2D eigenvalue weighted by atomic mass is 32.1. The second kappa shape index (κ2) is 5.22. The Morgan fingerprint density at radius 2 is 1.80 bits per heavy atom. The van der Waals surface area contributed by atoms with Crippen molar-refractivity contribution < 1.29 is 10.2 Å². The minimum absolute atomic E-state index is 0.0798. The molecule has 3 rings (SSSR count). The average Bonchev–Trinajstić information content (AvgIpc) is 2.84. The Labute approximate surface area is 120 Å². The predicted octanol–water partition coefficient (Wildman–Crippen LogP) is 3.36. The summed E-state index contributed by atoms with van der Waals surface area (Å²) in [6, 6.07) is 15.7. The van der Waals surface area contributed by atoms with Crippen LogP contribution in [-0.2, 0) is 0 Å². The van der Waals surface area contributed by atoms with E-state index in [2.05, 4.69) is 12.1 Å². The van der Waals surface area contributed by atoms with Crippen LogP contribution in [0.1, 0.15) is 18.1 Å². The van der Waals surface area contributed by atoms with Gasteiger partial charge in [0, 0.05) is 20.2 Å². The van der Waals surface area contributed by atoms with Crippen molar-refractivity contribution in [3.63, 3.8) is 0 Å². The summed E-state index contributed by atoms with van der Waals surface area (Å²) >= 11 is 1.70. The smallest absolute Gasteiger partial charge is 0.106 e. The molecule has 1 heterocycles. The first kappa shape index (κ1) is 13.1. The van der Waals surface area contributed by atoms with Gasteiger partial charge in [-0.1, -0.05) is 24.3 Å². The Morgan fingerprint density at radius 1 is 1.05 bits per heavy atom. The Morgan fingerprint density at radius 3 is 2.60 bits per heavy atom. The van der Waals surface area contributed by atoms with Crippen molar-refractivity contribution in [2.24, 2.45) is 0 Å². The van der Waals surface area contributed by atoms with Crippen molar-refractivity contribution >= 4 is 31.5 Å². The van der Waals surface area contributed by atoms with Crippen LogP contribution in [0.4, 0.5) is 0 Å². The van der Waals surface area contributed by atoms with Gasteiger partial charge >= 0.3 is 0 Å². The molecule has 100 valence electrons. The number of hydrogen-bond acceptors (Lipinski definition) is 4. The van der Waals surface area contributed by atoms with Gasteiger partial charge in [0.1, 0.15) is 6.10 Å². The van der Waals surface area contributed by atoms with Gasteiger partial charge in [0.2, 0.25) is 0 Å². The van der Waals surface area contributed by atoms with E-state index >= 15 is 0 Å². The molecule has 0 fully saturated rings. The maximum atomic E-state index is 10.1. The highest BCUT2D eigenvalue weighted by Gasteiger charge is 2.18. The van der Waals surface area contributed by atoms with Crippen LogP contribution >= 0.6 is 11.3 Å². The fraction of sp³-hybridized carbons (Fsp3) is 0.188. The van der Waals surface area contributed by atoms with Gasteiger partial charge in [0.15, 0.2) is 0 Å². The third-order valence-electron chi connectivity index (χ3n) is 3.41. The summed E-state index contributed by atoms with van der Waals surface area (Å²) in [6.45, 7) is 0. The minimum Gasteiger partial charge on any atom is -0.389 e. The van der Waals surface area contributed by atoms with E-state index in [1.807, 2.05) is 36.4 Å². The van der Waals surface area contributed by atoms with E-state index in [9.17, 15) is 10.2 Å². The van der Waals surface area contributed by atoms with E-state index in [0.29, 0.717) is 5.56 Å². The van der Waals surface area contributed by atoms with Gasteiger partial charge in [-0.05, 0) is 23.8 Å². The molecule has 2 unspecified atom stereocenters. The first-order valence-electron chi connectivity index (χ1n) is 6.35. The second-order valence-corrected chi connectivity index (χ2v) is 5.81. The lowest BCUT2D eigenvalue weighted by atomic mass is 10.0. The zero-order valence-corrected chi connectivity index (χ0v) is 11.5. The Bertz CT molecular complexity index is 803. The molecule has 0 saturated carbocycles. The maximum Gasteiger partial charge on any atom is 0.106 e. The number of fused-ring (bicyclic) bond motifs is 3. The molecule has 20 heavy (non-hydrogen) atoms. The molecule has 2 aromatic carbocycles. The predicted molar refractivity (Wildman–Crippen MR) is 80.5 cm³/mol. The zero-order chi connectivity index (χ0) is 14.1. The lowest BCUT2D eigenvalue weighted by Gasteiger charge is -2.15. The molecule has 0 aliphatic rings. The van der Waals surface area contributed by atoms with Crippen LogP contribution in [0.3, 0.4) is 0 Å². The highest BCUT2D eigenvalue weighted by Crippen LogP contribution is 2.35. The van der Waals surface area contributed by atoms with Gasteiger partial charge < -0.3 is 10.2 Å². The van der Waals surface area contributed by atoms with E-state index in [-0.39, 0.29) is 6.42 Å². The van der Waals surface area contributed by atoms with Gasteiger partial charge in [0.05, 0.1) is 18.6 Å². The van der Waals surface area contributed by atoms with Crippen LogP contribution in [0, 0.1) is 11.3 Å². The number of aliphatic hydroxyl groups is 2. The first-order chi connectivity index (χ1) is 9.70. The summed E-state index contributed by atoms with van der Waals surface area (Å²) in [4.78, 5) is 0. The minimum atomic E-state index is -1.05. The number of nitriles is 1. The number of nitrogens with zero attached hydrogens (tertiary/aromatic N) is 1. The van der Waals surface area contributed by atoms with Crippen LogP contribution in [0.25, 0.3) is 20.2 Å². The molecular weight excluding hydrogens is 270 g/mol. The molecule has 0 bridgehead atoms. The monoisotopic (exact) mass is 283 g/mol. The molecule has 2 N–H and O–H groups in total. The molecule has 3 nitrogen and oxygen atoms in total. The first-order valence-corrected chi connectivity index (χ1v) is 7.16. The third-order valence-corrected chi connectivity index (χ3v) is 4.56. The largest absolute Gasteiger partial charge is 0.389 e. The van der Waals surface area contributed by atoms with E-state index in [1.54, 1.807) is 11.3 Å². The lowest BCUT2D eigenvalue weighted by Crippen LogP contribution is -2.17. The molecule has 2 atom stereocenters. The van der Waals surface area contributed by atoms with Crippen molar-refractivity contribution in [3.05, 3.63) is 48.0 Å². The molecule has 0 aliphatic heterocycles. The standard InChI is InChI=1S/C16H13NO2S/c17-8-7-13(18)16(19)10-5-6-15-12(9-10)11-3-1-2-4-14(11)20-15/h1-6,9,13,16,18-19H,7H2. The number of rotatable bonds is 3. The molecule has 3 aromatic rings. The van der Waals surface area contributed by atoms with Crippen molar-refractivity contribution in [3.8, 4) is 6.07 Å². The fourth-order valence-electron chi connectivity index (χ4n) is 2.35. The lowest BCUT2D eigenvalue weighted by molar-refractivity contribution is 0.0217. The van der Waals surface area contributed by atoms with Crippen LogP contribution in [-0.4, -0.2) is 16.3 Å². The van der Waals surface area contributed by atoms with Crippen LogP contribution in [0.5, 0.6) is 0 Å². The molecule has 0 amide bonds. The van der Waals surface area contributed by atoms with Crippen molar-refractivity contribution in [2.75, 3.05) is 0 Å². The number of benzene rings is 2. The van der Waals surface area contributed by atoms with Crippen molar-refractivity contribution in [2.45, 2.75) is 18.6 Å². The van der Waals surface area contributed by atoms with Gasteiger partial charge in [-0.25, -0.2) is 0 Å². The van der Waals surface area contributed by atoms with E-state index in [0.717, 1.165) is 15.5 Å². The summed E-state index contributed by atoms with van der Waals surface area (Å²) in [5, 5.41) is 30.6. The van der Waals surface area contributed by atoms with Crippen molar-refractivity contribution in [1.29, 1.82) is 5.26 Å². The number of hydrogen-bond donors (Lipinski definition) is 2. The van der Waals surface area contributed by atoms with Crippen LogP contribution < -0.4 is 0 Å². The topological polar surface area (TPSA) is 64.2 Å². The summed E-state index contributed by atoms with van der Waals surface area (Å²) in [6.07, 6.45) is -2.16. The molecule has 0 radical (unpaired) electrons. The Balaban J connectivity index is 2.10. The SMILES string of the molecule is N#CCC(O)C(O)c1ccc2sc3ccccc3c2c1. The molecule has 4 heteroatoms. The quantitative estimate of drug-likeness (QED) is 0.774. The van der Waals surface area contributed by atoms with E-state index < -0.39 is 12.2 Å². The summed E-state index contributed by atoms with van der Waals surface area (Å²) in [5.41, 5.74) is 0.642. The molecule has 1 aromatic heterocycles. The van der Waals surface area contributed by atoms with Gasteiger partial charge in [-0.2, -0.15) is 5.26 Å². The molecule has 0 spiro atoms. The molecule has 0 saturated heterocycles. The fourth-order valence-corrected chi connectivity index (χ4v) is 3.44. The Hall–Kier alpha value is -1.93. The second-order valence-electron chi connectivity index (χ2n) is 4.73. The van der Waals surface area contributed by atoms with Crippen molar-refractivity contribution in [1.82, 2.24) is 0 Å². The van der Waals surface area contributed by atoms with Crippen LogP contribution in [0.15, 0.2) is 42.5 Å². The van der Waals surface area contributed by atoms with E-state index in [4.69, 9.17) is 5.26 Å². The molecule has 0 aliphatic carbocycles. The van der Waals surface area contributed by atoms with Gasteiger partial charge in [-0.3, -0.25) is 0 Å². The van der Waals surface area contributed by atoms with Gasteiger partial charge in [0.25, 0.3) is 0 Å². The maximum absolute atomic E-state index is 10.1. The number of aliphatic hydroxyl groups excluding tert-OH is 2. The number of thiophene rings is 1. The van der Waals surface area contributed by atoms with E-state index in [1.165, 1.54) is 4.70 Å². The Kier molecular flexibility index (Phi) is 3.41.